The van der Waals surface area contributed by atoms with Crippen LogP contribution in [0.25, 0.3) is 0 Å². The van der Waals surface area contributed by atoms with Crippen LogP contribution in [0.2, 0.25) is 0 Å². The first-order valence-electron chi connectivity index (χ1n) is 10.1. The highest BCUT2D eigenvalue weighted by Crippen LogP contribution is 2.24. The summed E-state index contributed by atoms with van der Waals surface area (Å²) in [5, 5.41) is 0. The van der Waals surface area contributed by atoms with Crippen LogP contribution in [0.1, 0.15) is 5.56 Å². The molecule has 0 saturated carbocycles. The molecule has 0 spiro atoms. The van der Waals surface area contributed by atoms with Gasteiger partial charge in [0.1, 0.15) is 6.61 Å². The zero-order valence-corrected chi connectivity index (χ0v) is 16.4. The fourth-order valence-corrected chi connectivity index (χ4v) is 3.69. The van der Waals surface area contributed by atoms with E-state index in [1.165, 1.54) is 5.56 Å². The molecule has 2 fully saturated rings. The number of anilines is 1. The van der Waals surface area contributed by atoms with Gasteiger partial charge in [-0.15, -0.1) is 0 Å². The molecule has 0 amide bonds. The normalized spacial score (nSPS) is 18.9. The Balaban J connectivity index is 1.28. The van der Waals surface area contributed by atoms with E-state index in [1.807, 2.05) is 0 Å². The summed E-state index contributed by atoms with van der Waals surface area (Å²) in [6.45, 7) is 9.98. The Kier molecular flexibility index (Phi) is 6.70. The third-order valence-corrected chi connectivity index (χ3v) is 5.32. The van der Waals surface area contributed by atoms with E-state index in [-0.39, 0.29) is 0 Å². The van der Waals surface area contributed by atoms with Gasteiger partial charge in [-0.05, 0) is 5.56 Å². The van der Waals surface area contributed by atoms with Crippen molar-refractivity contribution in [2.24, 2.45) is 0 Å². The molecule has 3 heterocycles. The minimum absolute atomic E-state index is 0.625. The molecule has 0 N–H and O–H groups in total. The third-order valence-electron chi connectivity index (χ3n) is 5.32. The Morgan fingerprint density at radius 3 is 2.39 bits per heavy atom. The predicted molar refractivity (Wildman–Crippen MR) is 109 cm³/mol. The number of morpholine rings is 1. The van der Waals surface area contributed by atoms with E-state index >= 15 is 0 Å². The van der Waals surface area contributed by atoms with Gasteiger partial charge >= 0.3 is 0 Å². The largest absolute Gasteiger partial charge is 0.474 e. The first-order valence-corrected chi connectivity index (χ1v) is 10.1. The summed E-state index contributed by atoms with van der Waals surface area (Å²) in [5.74, 6) is 1.51. The number of rotatable bonds is 7. The van der Waals surface area contributed by atoms with E-state index in [9.17, 15) is 0 Å². The zero-order chi connectivity index (χ0) is 19.0. The van der Waals surface area contributed by atoms with Gasteiger partial charge in [0.25, 0.3) is 5.88 Å². The lowest BCUT2D eigenvalue weighted by molar-refractivity contribution is 0.0320. The molecular weight excluding hydrogens is 354 g/mol. The van der Waals surface area contributed by atoms with Gasteiger partial charge in [-0.1, -0.05) is 30.3 Å². The molecule has 4 rings (SSSR count). The summed E-state index contributed by atoms with van der Waals surface area (Å²) in [7, 11) is 0. The summed E-state index contributed by atoms with van der Waals surface area (Å²) >= 11 is 0. The van der Waals surface area contributed by atoms with Gasteiger partial charge in [-0.25, -0.2) is 9.97 Å². The molecule has 2 saturated heterocycles. The first kappa shape index (κ1) is 19.1. The first-order chi connectivity index (χ1) is 13.9. The lowest BCUT2D eigenvalue weighted by Gasteiger charge is -2.35. The van der Waals surface area contributed by atoms with Gasteiger partial charge in [0.15, 0.2) is 5.82 Å². The predicted octanol–water partition coefficient (Wildman–Crippen LogP) is 1.51. The van der Waals surface area contributed by atoms with Gasteiger partial charge in [0.05, 0.1) is 13.2 Å². The van der Waals surface area contributed by atoms with Gasteiger partial charge in [0.2, 0.25) is 0 Å². The van der Waals surface area contributed by atoms with Crippen LogP contribution < -0.4 is 9.64 Å². The van der Waals surface area contributed by atoms with Gasteiger partial charge < -0.3 is 14.4 Å². The lowest BCUT2D eigenvalue weighted by Crippen LogP contribution is -2.46. The van der Waals surface area contributed by atoms with E-state index < -0.39 is 0 Å². The van der Waals surface area contributed by atoms with Crippen molar-refractivity contribution >= 4 is 5.82 Å². The molecule has 0 aliphatic carbocycles. The third kappa shape index (κ3) is 5.19. The molecule has 7 heteroatoms. The Bertz CT molecular complexity index is 716. The van der Waals surface area contributed by atoms with E-state index in [1.54, 1.807) is 12.4 Å². The van der Waals surface area contributed by atoms with Crippen LogP contribution in [-0.2, 0) is 11.3 Å². The minimum atomic E-state index is 0.625. The maximum Gasteiger partial charge on any atom is 0.257 e. The van der Waals surface area contributed by atoms with Gasteiger partial charge in [-0.2, -0.15) is 0 Å². The van der Waals surface area contributed by atoms with Crippen LogP contribution in [0.4, 0.5) is 5.82 Å². The van der Waals surface area contributed by atoms with Crippen LogP contribution in [0.15, 0.2) is 42.7 Å². The van der Waals surface area contributed by atoms with E-state index in [2.05, 4.69) is 55.0 Å². The van der Waals surface area contributed by atoms with Crippen LogP contribution in [0.3, 0.4) is 0 Å². The highest BCUT2D eigenvalue weighted by atomic mass is 16.5. The molecule has 28 heavy (non-hydrogen) atoms. The SMILES string of the molecule is c1ccc(CN2CCN(c3nccnc3OCCN3CCOCC3)CC2)cc1. The smallest absolute Gasteiger partial charge is 0.257 e. The number of piperazine rings is 1. The van der Waals surface area contributed by atoms with Crippen LogP contribution in [-0.4, -0.2) is 85.4 Å². The van der Waals surface area contributed by atoms with Crippen molar-refractivity contribution in [1.29, 1.82) is 0 Å². The van der Waals surface area contributed by atoms with Gasteiger partial charge in [0, 0.05) is 64.8 Å². The van der Waals surface area contributed by atoms with Crippen LogP contribution in [0.5, 0.6) is 5.88 Å². The summed E-state index contributed by atoms with van der Waals surface area (Å²) in [6.07, 6.45) is 3.46. The Morgan fingerprint density at radius 1 is 0.857 bits per heavy atom. The fourth-order valence-electron chi connectivity index (χ4n) is 3.69. The van der Waals surface area contributed by atoms with Crippen molar-refractivity contribution in [1.82, 2.24) is 19.8 Å². The quantitative estimate of drug-likeness (QED) is 0.718. The highest BCUT2D eigenvalue weighted by molar-refractivity contribution is 5.48. The molecule has 150 valence electrons. The number of hydrogen-bond donors (Lipinski definition) is 0. The van der Waals surface area contributed by atoms with Crippen molar-refractivity contribution in [3.05, 3.63) is 48.3 Å². The van der Waals surface area contributed by atoms with Crippen LogP contribution in [0, 0.1) is 0 Å². The molecule has 2 aliphatic rings. The molecule has 7 nitrogen and oxygen atoms in total. The van der Waals surface area contributed by atoms with Crippen LogP contribution >= 0.6 is 0 Å². The van der Waals surface area contributed by atoms with E-state index in [4.69, 9.17) is 9.47 Å². The molecule has 0 bridgehead atoms. The second-order valence-corrected chi connectivity index (χ2v) is 7.24. The van der Waals surface area contributed by atoms with Gasteiger partial charge in [-0.3, -0.25) is 9.80 Å². The standard InChI is InChI=1S/C21H29N5O2/c1-2-4-19(5-3-1)18-25-8-10-26(11-9-25)20-21(23-7-6-22-20)28-17-14-24-12-15-27-16-13-24/h1-7H,8-18H2. The number of nitrogens with zero attached hydrogens (tertiary/aromatic N) is 5. The maximum atomic E-state index is 6.00. The maximum absolute atomic E-state index is 6.00. The topological polar surface area (TPSA) is 54.0 Å². The Morgan fingerprint density at radius 2 is 1.61 bits per heavy atom. The van der Waals surface area contributed by atoms with Crippen molar-refractivity contribution < 1.29 is 9.47 Å². The number of hydrogen-bond acceptors (Lipinski definition) is 7. The zero-order valence-electron chi connectivity index (χ0n) is 16.4. The average Bonchev–Trinajstić information content (AvgIpc) is 2.76. The summed E-state index contributed by atoms with van der Waals surface area (Å²) in [6, 6.07) is 10.7. The molecule has 1 aromatic heterocycles. The number of ether oxygens (including phenoxy) is 2. The van der Waals surface area contributed by atoms with E-state index in [0.29, 0.717) is 12.5 Å². The van der Waals surface area contributed by atoms with Crippen molar-refractivity contribution in [2.75, 3.05) is 70.5 Å². The molecule has 0 radical (unpaired) electrons. The summed E-state index contributed by atoms with van der Waals surface area (Å²) in [5.41, 5.74) is 1.36. The van der Waals surface area contributed by atoms with Crippen molar-refractivity contribution in [3.8, 4) is 5.88 Å². The summed E-state index contributed by atoms with van der Waals surface area (Å²) in [4.78, 5) is 16.1. The average molecular weight is 383 g/mol. The molecule has 2 aliphatic heterocycles. The molecule has 0 atom stereocenters. The van der Waals surface area contributed by atoms with Crippen molar-refractivity contribution in [3.63, 3.8) is 0 Å². The molecule has 0 unspecified atom stereocenters. The highest BCUT2D eigenvalue weighted by Gasteiger charge is 2.22. The monoisotopic (exact) mass is 383 g/mol. The Labute approximate surface area is 166 Å². The minimum Gasteiger partial charge on any atom is -0.474 e. The Hall–Kier alpha value is -2.22. The number of aromatic nitrogens is 2. The second-order valence-electron chi connectivity index (χ2n) is 7.24. The lowest BCUT2D eigenvalue weighted by atomic mass is 10.2. The number of benzene rings is 1. The van der Waals surface area contributed by atoms with Crippen molar-refractivity contribution in [2.45, 2.75) is 6.54 Å². The molecule has 1 aromatic carbocycles. The molecular formula is C21H29N5O2. The molecule has 2 aromatic rings. The second kappa shape index (κ2) is 9.82. The fraction of sp³-hybridized carbons (Fsp3) is 0.524. The van der Waals surface area contributed by atoms with E-state index in [0.717, 1.165) is 71.4 Å². The summed E-state index contributed by atoms with van der Waals surface area (Å²) < 4.78 is 11.4.